The van der Waals surface area contributed by atoms with Crippen LogP contribution in [0.2, 0.25) is 0 Å². The number of nitrogens with one attached hydrogen (secondary N) is 1. The average Bonchev–Trinajstić information content (AvgIpc) is 2.04. The minimum atomic E-state index is -3.77. The van der Waals surface area contributed by atoms with Gasteiger partial charge in [-0.3, -0.25) is 4.72 Å². The van der Waals surface area contributed by atoms with Crippen molar-refractivity contribution < 1.29 is 8.42 Å². The van der Waals surface area contributed by atoms with E-state index in [4.69, 9.17) is 10.9 Å². The summed E-state index contributed by atoms with van der Waals surface area (Å²) >= 11 is 0. The largest absolute Gasteiger partial charge is 0.397 e. The Hall–Kier alpha value is -1.27. The summed E-state index contributed by atoms with van der Waals surface area (Å²) in [5.74, 6) is 0. The van der Waals surface area contributed by atoms with Gasteiger partial charge in [0, 0.05) is 0 Å². The van der Waals surface area contributed by atoms with Crippen LogP contribution in [-0.2, 0) is 10.2 Å². The summed E-state index contributed by atoms with van der Waals surface area (Å²) in [6.45, 7) is 3.64. The molecule has 0 aliphatic heterocycles. The Kier molecular flexibility index (Phi) is 2.68. The van der Waals surface area contributed by atoms with Gasteiger partial charge in [-0.2, -0.15) is 8.42 Å². The number of nitrogen functional groups attached to an aromatic ring is 1. The molecule has 0 saturated carbocycles. The van der Waals surface area contributed by atoms with E-state index in [1.54, 1.807) is 13.0 Å². The molecule has 0 bridgehead atoms. The molecule has 14 heavy (non-hydrogen) atoms. The summed E-state index contributed by atoms with van der Waals surface area (Å²) in [6, 6.07) is 3.45. The first-order valence-electron chi connectivity index (χ1n) is 3.97. The molecule has 0 aliphatic carbocycles. The highest BCUT2D eigenvalue weighted by atomic mass is 32.2. The number of nitrogens with two attached hydrogens (primary N) is 2. The van der Waals surface area contributed by atoms with E-state index >= 15 is 0 Å². The van der Waals surface area contributed by atoms with Crippen LogP contribution < -0.4 is 15.6 Å². The standard InChI is InChI=1S/C8H13N3O2S/c1-5-3-4-7(9)8(6(5)2)11-14(10,12)13/h3-4,11H,9H2,1-2H3,(H2,10,12,13). The van der Waals surface area contributed by atoms with Crippen LogP contribution in [0.4, 0.5) is 11.4 Å². The van der Waals surface area contributed by atoms with Crippen molar-refractivity contribution in [2.75, 3.05) is 10.5 Å². The lowest BCUT2D eigenvalue weighted by atomic mass is 10.1. The highest BCUT2D eigenvalue weighted by Crippen LogP contribution is 2.26. The van der Waals surface area contributed by atoms with Gasteiger partial charge in [0.25, 0.3) is 10.2 Å². The van der Waals surface area contributed by atoms with Gasteiger partial charge in [-0.25, -0.2) is 5.14 Å². The van der Waals surface area contributed by atoms with Gasteiger partial charge in [0.05, 0.1) is 11.4 Å². The molecule has 78 valence electrons. The molecule has 0 radical (unpaired) electrons. The van der Waals surface area contributed by atoms with Crippen LogP contribution in [0.5, 0.6) is 0 Å². The van der Waals surface area contributed by atoms with Crippen LogP contribution >= 0.6 is 0 Å². The van der Waals surface area contributed by atoms with E-state index in [1.165, 1.54) is 0 Å². The molecular weight excluding hydrogens is 202 g/mol. The maximum atomic E-state index is 10.8. The molecule has 0 spiro atoms. The molecule has 0 atom stereocenters. The van der Waals surface area contributed by atoms with E-state index in [2.05, 4.69) is 4.72 Å². The Balaban J connectivity index is 3.27. The summed E-state index contributed by atoms with van der Waals surface area (Å²) < 4.78 is 23.8. The number of anilines is 2. The zero-order chi connectivity index (χ0) is 10.9. The smallest absolute Gasteiger partial charge is 0.296 e. The van der Waals surface area contributed by atoms with E-state index in [-0.39, 0.29) is 0 Å². The van der Waals surface area contributed by atoms with Gasteiger partial charge in [-0.05, 0) is 31.0 Å². The summed E-state index contributed by atoms with van der Waals surface area (Å²) in [5.41, 5.74) is 8.06. The molecule has 6 heteroatoms. The van der Waals surface area contributed by atoms with Crippen molar-refractivity contribution in [2.24, 2.45) is 5.14 Å². The van der Waals surface area contributed by atoms with Crippen LogP contribution in [0.25, 0.3) is 0 Å². The van der Waals surface area contributed by atoms with Crippen LogP contribution in [-0.4, -0.2) is 8.42 Å². The molecule has 0 heterocycles. The Labute approximate surface area is 83.3 Å². The highest BCUT2D eigenvalue weighted by molar-refractivity contribution is 7.90. The van der Waals surface area contributed by atoms with Crippen LogP contribution in [0.3, 0.4) is 0 Å². The number of benzene rings is 1. The molecule has 5 nitrogen and oxygen atoms in total. The number of hydrogen-bond donors (Lipinski definition) is 3. The lowest BCUT2D eigenvalue weighted by molar-refractivity contribution is 0.603. The molecule has 0 aromatic heterocycles. The molecule has 5 N–H and O–H groups in total. The molecule has 0 unspecified atom stereocenters. The van der Waals surface area contributed by atoms with E-state index in [1.807, 2.05) is 13.0 Å². The fourth-order valence-corrected chi connectivity index (χ4v) is 1.67. The van der Waals surface area contributed by atoms with Gasteiger partial charge < -0.3 is 5.73 Å². The summed E-state index contributed by atoms with van der Waals surface area (Å²) in [5, 5.41) is 4.86. The molecule has 0 aliphatic rings. The summed E-state index contributed by atoms with van der Waals surface area (Å²) in [7, 11) is -3.77. The van der Waals surface area contributed by atoms with Gasteiger partial charge in [0.2, 0.25) is 0 Å². The fraction of sp³-hybridized carbons (Fsp3) is 0.250. The van der Waals surface area contributed by atoms with E-state index in [0.29, 0.717) is 11.4 Å². The zero-order valence-corrected chi connectivity index (χ0v) is 8.85. The third-order valence-corrected chi connectivity index (χ3v) is 2.50. The van der Waals surface area contributed by atoms with Crippen molar-refractivity contribution in [2.45, 2.75) is 13.8 Å². The maximum Gasteiger partial charge on any atom is 0.296 e. The normalized spacial score (nSPS) is 11.4. The van der Waals surface area contributed by atoms with Gasteiger partial charge in [0.15, 0.2) is 0 Å². The van der Waals surface area contributed by atoms with Crippen molar-refractivity contribution >= 4 is 21.6 Å². The van der Waals surface area contributed by atoms with Crippen LogP contribution in [0.1, 0.15) is 11.1 Å². The van der Waals surface area contributed by atoms with E-state index < -0.39 is 10.2 Å². The van der Waals surface area contributed by atoms with Crippen molar-refractivity contribution in [3.63, 3.8) is 0 Å². The second-order valence-corrected chi connectivity index (χ2v) is 4.41. The van der Waals surface area contributed by atoms with Gasteiger partial charge in [0.1, 0.15) is 0 Å². The van der Waals surface area contributed by atoms with Crippen LogP contribution in [0.15, 0.2) is 12.1 Å². The number of rotatable bonds is 2. The van der Waals surface area contributed by atoms with E-state index in [0.717, 1.165) is 11.1 Å². The molecule has 1 aromatic rings. The Morgan fingerprint density at radius 1 is 1.29 bits per heavy atom. The quantitative estimate of drug-likeness (QED) is 0.626. The topological polar surface area (TPSA) is 98.2 Å². The Morgan fingerprint density at radius 2 is 1.86 bits per heavy atom. The first-order chi connectivity index (χ1) is 6.31. The molecule has 0 amide bonds. The van der Waals surface area contributed by atoms with Gasteiger partial charge in [-0.15, -0.1) is 0 Å². The SMILES string of the molecule is Cc1ccc(N)c(NS(N)(=O)=O)c1C. The summed E-state index contributed by atoms with van der Waals surface area (Å²) in [6.07, 6.45) is 0. The Bertz CT molecular complexity index is 454. The predicted octanol–water partition coefficient (Wildman–Crippen LogP) is 0.501. The van der Waals surface area contributed by atoms with Crippen molar-refractivity contribution in [3.05, 3.63) is 23.3 Å². The fourth-order valence-electron chi connectivity index (χ4n) is 1.11. The molecule has 0 fully saturated rings. The van der Waals surface area contributed by atoms with Crippen molar-refractivity contribution in [3.8, 4) is 0 Å². The van der Waals surface area contributed by atoms with Gasteiger partial charge in [-0.1, -0.05) is 6.07 Å². The van der Waals surface area contributed by atoms with Crippen LogP contribution in [0, 0.1) is 13.8 Å². The number of hydrogen-bond acceptors (Lipinski definition) is 3. The third-order valence-electron chi connectivity index (χ3n) is 2.01. The monoisotopic (exact) mass is 215 g/mol. The second-order valence-electron chi connectivity index (χ2n) is 3.12. The minimum absolute atomic E-state index is 0.354. The third kappa shape index (κ3) is 2.36. The average molecular weight is 215 g/mol. The zero-order valence-electron chi connectivity index (χ0n) is 8.03. The summed E-state index contributed by atoms with van der Waals surface area (Å²) in [4.78, 5) is 0. The molecular formula is C8H13N3O2S. The minimum Gasteiger partial charge on any atom is -0.397 e. The lowest BCUT2D eigenvalue weighted by Crippen LogP contribution is -2.23. The van der Waals surface area contributed by atoms with E-state index in [9.17, 15) is 8.42 Å². The first kappa shape index (κ1) is 10.8. The maximum absolute atomic E-state index is 10.8. The van der Waals surface area contributed by atoms with Crippen molar-refractivity contribution in [1.29, 1.82) is 0 Å². The van der Waals surface area contributed by atoms with Gasteiger partial charge >= 0.3 is 0 Å². The number of aryl methyl sites for hydroxylation is 1. The second kappa shape index (κ2) is 3.47. The highest BCUT2D eigenvalue weighted by Gasteiger charge is 2.09. The first-order valence-corrected chi connectivity index (χ1v) is 5.52. The Morgan fingerprint density at radius 3 is 2.36 bits per heavy atom. The predicted molar refractivity (Wildman–Crippen MR) is 57.1 cm³/mol. The van der Waals surface area contributed by atoms with Crippen molar-refractivity contribution in [1.82, 2.24) is 0 Å². The lowest BCUT2D eigenvalue weighted by Gasteiger charge is -2.12. The molecule has 1 rings (SSSR count). The molecule has 0 saturated heterocycles. The molecule has 1 aromatic carbocycles.